The number of alkyl halides is 1. The summed E-state index contributed by atoms with van der Waals surface area (Å²) in [5.41, 5.74) is 9.24. The van der Waals surface area contributed by atoms with Gasteiger partial charge in [-0.3, -0.25) is 4.79 Å². The first-order valence-corrected chi connectivity index (χ1v) is 8.65. The topological polar surface area (TPSA) is 107 Å². The zero-order valence-electron chi connectivity index (χ0n) is 13.1. The second kappa shape index (κ2) is 6.27. The maximum Gasteiger partial charge on any atom is 0.267 e. The van der Waals surface area contributed by atoms with E-state index >= 15 is 0 Å². The van der Waals surface area contributed by atoms with Crippen LogP contribution in [-0.2, 0) is 4.55 Å². The lowest BCUT2D eigenvalue weighted by molar-refractivity contribution is 0.0992. The molecule has 0 bridgehead atoms. The van der Waals surface area contributed by atoms with E-state index in [4.69, 9.17) is 10.3 Å². The Hall–Kier alpha value is -2.36. The molecule has 124 valence electrons. The van der Waals surface area contributed by atoms with Gasteiger partial charge in [0.25, 0.3) is 5.91 Å². The van der Waals surface area contributed by atoms with Crippen molar-refractivity contribution in [1.29, 1.82) is 0 Å². The molecule has 8 heteroatoms. The van der Waals surface area contributed by atoms with Gasteiger partial charge in [-0.05, 0) is 38.1 Å². The van der Waals surface area contributed by atoms with E-state index in [0.717, 1.165) is 5.56 Å². The molecule has 7 nitrogen and oxygen atoms in total. The molecule has 3 N–H and O–H groups in total. The summed E-state index contributed by atoms with van der Waals surface area (Å²) in [7, 11) is 0. The van der Waals surface area contributed by atoms with E-state index < -0.39 is 5.91 Å². The fourth-order valence-electron chi connectivity index (χ4n) is 2.70. The maximum absolute atomic E-state index is 12.1. The summed E-state index contributed by atoms with van der Waals surface area (Å²) < 4.78 is 7.28. The van der Waals surface area contributed by atoms with Crippen molar-refractivity contribution < 1.29 is 14.4 Å². The van der Waals surface area contributed by atoms with Crippen LogP contribution in [0.4, 0.5) is 0 Å². The minimum Gasteiger partial charge on any atom is -0.508 e. The first-order valence-electron chi connectivity index (χ1n) is 7.13. The van der Waals surface area contributed by atoms with Crippen LogP contribution in [0.5, 0.6) is 5.75 Å². The number of carbonyl (C=O) groups is 1. The molecule has 0 aliphatic rings. The summed E-state index contributed by atoms with van der Waals surface area (Å²) in [6.45, 7) is 3.58. The number of amides is 1. The zero-order chi connectivity index (χ0) is 17.4. The molecule has 0 radical (unpaired) electrons. The Labute approximate surface area is 151 Å². The second-order valence-electron chi connectivity index (χ2n) is 5.30. The summed E-state index contributed by atoms with van der Waals surface area (Å²) in [4.78, 5) is 12.1. The Morgan fingerprint density at radius 2 is 1.96 bits per heavy atom. The minimum atomic E-state index is -0.570. The van der Waals surface area contributed by atoms with Gasteiger partial charge in [-0.2, -0.15) is 5.10 Å². The first kappa shape index (κ1) is 16.5. The summed E-state index contributed by atoms with van der Waals surface area (Å²) in [5.74, 6) is 0.170. The van der Waals surface area contributed by atoms with Crippen LogP contribution in [-0.4, -0.2) is 26.0 Å². The molecule has 2 aromatic heterocycles. The standard InChI is InChI=1S/C16H15IN4O3/c1-8-12(9(2)24-20-8)13-14(10-3-5-11(22)6-4-10)19-21(7-17)15(13)16(18)23/h3-6,22H,7H2,1-2H3,(H2,18,23). The molecule has 3 aromatic rings. The number of hydrogen-bond donors (Lipinski definition) is 2. The lowest BCUT2D eigenvalue weighted by atomic mass is 9.97. The molecule has 0 fully saturated rings. The van der Waals surface area contributed by atoms with Crippen molar-refractivity contribution in [2.45, 2.75) is 18.4 Å². The van der Waals surface area contributed by atoms with E-state index in [1.807, 2.05) is 0 Å². The highest BCUT2D eigenvalue weighted by Crippen LogP contribution is 2.38. The Morgan fingerprint density at radius 3 is 2.46 bits per heavy atom. The van der Waals surface area contributed by atoms with Crippen LogP contribution in [0.15, 0.2) is 28.8 Å². The Balaban J connectivity index is 2.37. The van der Waals surface area contributed by atoms with E-state index in [0.29, 0.717) is 38.5 Å². The molecule has 1 amide bonds. The number of aromatic nitrogens is 3. The number of aromatic hydroxyl groups is 1. The van der Waals surface area contributed by atoms with Gasteiger partial charge in [-0.25, -0.2) is 4.68 Å². The Morgan fingerprint density at radius 1 is 1.29 bits per heavy atom. The molecule has 0 aliphatic carbocycles. The summed E-state index contributed by atoms with van der Waals surface area (Å²) in [6.07, 6.45) is 0. The van der Waals surface area contributed by atoms with Gasteiger partial charge < -0.3 is 15.4 Å². The molecule has 0 spiro atoms. The third-order valence-electron chi connectivity index (χ3n) is 3.72. The predicted octanol–water partition coefficient (Wildman–Crippen LogP) is 3.02. The van der Waals surface area contributed by atoms with Gasteiger partial charge in [-0.15, -0.1) is 0 Å². The van der Waals surface area contributed by atoms with Crippen LogP contribution in [0, 0.1) is 13.8 Å². The van der Waals surface area contributed by atoms with Gasteiger partial charge in [0.1, 0.15) is 22.9 Å². The first-order chi connectivity index (χ1) is 11.4. The predicted molar refractivity (Wildman–Crippen MR) is 96.8 cm³/mol. The van der Waals surface area contributed by atoms with Crippen LogP contribution in [0.3, 0.4) is 0 Å². The van der Waals surface area contributed by atoms with Crippen molar-refractivity contribution in [3.8, 4) is 28.1 Å². The smallest absolute Gasteiger partial charge is 0.267 e. The molecule has 3 rings (SSSR count). The van der Waals surface area contributed by atoms with Crippen LogP contribution in [0.2, 0.25) is 0 Å². The van der Waals surface area contributed by atoms with Gasteiger partial charge in [0.05, 0.1) is 15.8 Å². The molecule has 1 aromatic carbocycles. The number of hydrogen-bond acceptors (Lipinski definition) is 5. The molecular weight excluding hydrogens is 423 g/mol. The van der Waals surface area contributed by atoms with Crippen molar-refractivity contribution in [3.05, 3.63) is 41.4 Å². The highest BCUT2D eigenvalue weighted by molar-refractivity contribution is 14.1. The Bertz CT molecular complexity index is 893. The van der Waals surface area contributed by atoms with Gasteiger partial charge >= 0.3 is 0 Å². The van der Waals surface area contributed by atoms with E-state index in [1.165, 1.54) is 0 Å². The van der Waals surface area contributed by atoms with Crippen molar-refractivity contribution in [2.75, 3.05) is 0 Å². The largest absolute Gasteiger partial charge is 0.508 e. The quantitative estimate of drug-likeness (QED) is 0.481. The van der Waals surface area contributed by atoms with Crippen molar-refractivity contribution in [3.63, 3.8) is 0 Å². The number of phenols is 1. The molecule has 24 heavy (non-hydrogen) atoms. The SMILES string of the molecule is Cc1noc(C)c1-c1c(-c2ccc(O)cc2)nn(CI)c1C(N)=O. The van der Waals surface area contributed by atoms with Gasteiger partial charge in [-0.1, -0.05) is 27.7 Å². The molecule has 0 saturated carbocycles. The monoisotopic (exact) mass is 438 g/mol. The zero-order valence-corrected chi connectivity index (χ0v) is 15.2. The average Bonchev–Trinajstić information content (AvgIpc) is 3.08. The third-order valence-corrected chi connectivity index (χ3v) is 4.37. The van der Waals surface area contributed by atoms with Crippen LogP contribution < -0.4 is 5.73 Å². The van der Waals surface area contributed by atoms with Gasteiger partial charge in [0.2, 0.25) is 0 Å². The van der Waals surface area contributed by atoms with Gasteiger partial charge in [0, 0.05) is 11.1 Å². The number of rotatable bonds is 4. The van der Waals surface area contributed by atoms with Crippen molar-refractivity contribution in [2.24, 2.45) is 5.73 Å². The van der Waals surface area contributed by atoms with Crippen molar-refractivity contribution in [1.82, 2.24) is 14.9 Å². The van der Waals surface area contributed by atoms with E-state index in [2.05, 4.69) is 32.8 Å². The molecule has 0 aliphatic heterocycles. The second-order valence-corrected chi connectivity index (χ2v) is 5.98. The van der Waals surface area contributed by atoms with E-state index in [-0.39, 0.29) is 5.75 Å². The fourth-order valence-corrected chi connectivity index (χ4v) is 3.19. The lowest BCUT2D eigenvalue weighted by Gasteiger charge is -2.05. The fraction of sp³-hybridized carbons (Fsp3) is 0.188. The minimum absolute atomic E-state index is 0.154. The number of phenolic OH excluding ortho intramolecular Hbond substituents is 1. The number of primary amides is 1. The van der Waals surface area contributed by atoms with Crippen LogP contribution in [0.25, 0.3) is 22.4 Å². The number of halogens is 1. The Kier molecular flexibility index (Phi) is 4.31. The summed E-state index contributed by atoms with van der Waals surface area (Å²) in [6, 6.07) is 6.61. The molecule has 0 unspecified atom stereocenters. The molecule has 2 heterocycles. The number of carbonyl (C=O) groups excluding carboxylic acids is 1. The van der Waals surface area contributed by atoms with Crippen molar-refractivity contribution >= 4 is 28.5 Å². The lowest BCUT2D eigenvalue weighted by Crippen LogP contribution is -2.17. The highest BCUT2D eigenvalue weighted by atomic mass is 127. The third kappa shape index (κ3) is 2.66. The van der Waals surface area contributed by atoms with E-state index in [9.17, 15) is 9.90 Å². The number of nitrogens with zero attached hydrogens (tertiary/aromatic N) is 3. The van der Waals surface area contributed by atoms with Gasteiger partial charge in [0.15, 0.2) is 0 Å². The van der Waals surface area contributed by atoms with Crippen LogP contribution >= 0.6 is 22.6 Å². The average molecular weight is 438 g/mol. The number of nitrogens with two attached hydrogens (primary N) is 1. The normalized spacial score (nSPS) is 11.0. The molecule has 0 saturated heterocycles. The van der Waals surface area contributed by atoms with E-state index in [1.54, 1.807) is 42.8 Å². The maximum atomic E-state index is 12.1. The number of benzene rings is 1. The number of aryl methyl sites for hydroxylation is 2. The highest BCUT2D eigenvalue weighted by Gasteiger charge is 2.28. The van der Waals surface area contributed by atoms with Crippen LogP contribution in [0.1, 0.15) is 21.9 Å². The summed E-state index contributed by atoms with van der Waals surface area (Å²) in [5, 5.41) is 18.0. The summed E-state index contributed by atoms with van der Waals surface area (Å²) >= 11 is 2.12. The molecular formula is C16H15IN4O3. The molecule has 0 atom stereocenters.